The Balaban J connectivity index is 0.000000505. The summed E-state index contributed by atoms with van der Waals surface area (Å²) in [4.78, 5) is 25.9. The molecular formula is C27H26F5N3O3. The molecule has 0 aliphatic carbocycles. The van der Waals surface area contributed by atoms with E-state index in [1.165, 1.54) is 30.3 Å². The predicted molar refractivity (Wildman–Crippen MR) is 133 cm³/mol. The van der Waals surface area contributed by atoms with Crippen LogP contribution in [0.1, 0.15) is 22.3 Å². The van der Waals surface area contributed by atoms with Crippen molar-refractivity contribution in [3.63, 3.8) is 0 Å². The molecule has 1 heterocycles. The summed E-state index contributed by atoms with van der Waals surface area (Å²) in [6.45, 7) is 4.45. The molecule has 38 heavy (non-hydrogen) atoms. The Morgan fingerprint density at radius 2 is 1.50 bits per heavy atom. The fraction of sp³-hybridized carbons (Fsp3) is 0.259. The number of aliphatic carboxylic acids is 1. The van der Waals surface area contributed by atoms with Gasteiger partial charge in [-0.3, -0.25) is 9.69 Å². The van der Waals surface area contributed by atoms with Crippen LogP contribution >= 0.6 is 0 Å². The number of carboxylic acid groups (broad SMARTS) is 1. The Bertz CT molecular complexity index is 1220. The Labute approximate surface area is 216 Å². The van der Waals surface area contributed by atoms with Crippen molar-refractivity contribution in [2.45, 2.75) is 19.1 Å². The summed E-state index contributed by atoms with van der Waals surface area (Å²) in [5.41, 5.74) is 3.21. The average Bonchev–Trinajstić information content (AvgIpc) is 3.10. The minimum Gasteiger partial charge on any atom is -0.475 e. The number of rotatable bonds is 5. The Hall–Kier alpha value is -3.99. The first-order chi connectivity index (χ1) is 18.0. The van der Waals surface area contributed by atoms with Crippen molar-refractivity contribution in [3.05, 3.63) is 95.6 Å². The van der Waals surface area contributed by atoms with Crippen molar-refractivity contribution < 1.29 is 36.6 Å². The van der Waals surface area contributed by atoms with Crippen LogP contribution in [-0.4, -0.2) is 54.2 Å². The lowest BCUT2D eigenvalue weighted by Crippen LogP contribution is -2.30. The van der Waals surface area contributed by atoms with Crippen LogP contribution in [0.15, 0.2) is 72.8 Å². The molecular weight excluding hydrogens is 509 g/mol. The number of carbonyl (C=O) groups excluding carboxylic acids is 1. The lowest BCUT2D eigenvalue weighted by atomic mass is 10.2. The minimum absolute atomic E-state index is 0.194. The molecule has 3 aromatic rings. The summed E-state index contributed by atoms with van der Waals surface area (Å²) in [6, 6.07) is 20.0. The molecule has 1 fully saturated rings. The van der Waals surface area contributed by atoms with E-state index >= 15 is 0 Å². The van der Waals surface area contributed by atoms with Crippen molar-refractivity contribution in [3.8, 4) is 0 Å². The fourth-order valence-corrected chi connectivity index (χ4v) is 3.84. The number of anilines is 2. The van der Waals surface area contributed by atoms with E-state index in [0.717, 1.165) is 50.4 Å². The van der Waals surface area contributed by atoms with Crippen molar-refractivity contribution in [2.24, 2.45) is 0 Å². The molecule has 0 spiro atoms. The SMILES string of the molecule is O=C(Nc1ccc(N2CCCN(Cc3cccc(F)c3)CC2)cc1)c1ccc(F)cc1.O=C(O)C(F)(F)F. The van der Waals surface area contributed by atoms with E-state index < -0.39 is 12.1 Å². The number of carboxylic acids is 1. The zero-order chi connectivity index (χ0) is 27.7. The van der Waals surface area contributed by atoms with Gasteiger partial charge in [0, 0.05) is 49.7 Å². The lowest BCUT2D eigenvalue weighted by molar-refractivity contribution is -0.192. The van der Waals surface area contributed by atoms with Crippen LogP contribution in [0.3, 0.4) is 0 Å². The van der Waals surface area contributed by atoms with Crippen molar-refractivity contribution in [1.29, 1.82) is 0 Å². The molecule has 3 aromatic carbocycles. The summed E-state index contributed by atoms with van der Waals surface area (Å²) >= 11 is 0. The van der Waals surface area contributed by atoms with E-state index in [-0.39, 0.29) is 17.5 Å². The third kappa shape index (κ3) is 8.84. The van der Waals surface area contributed by atoms with E-state index in [0.29, 0.717) is 11.3 Å². The van der Waals surface area contributed by atoms with Crippen LogP contribution in [0.5, 0.6) is 0 Å². The molecule has 1 aliphatic heterocycles. The number of carbonyl (C=O) groups is 2. The Morgan fingerprint density at radius 3 is 2.11 bits per heavy atom. The first-order valence-corrected chi connectivity index (χ1v) is 11.7. The monoisotopic (exact) mass is 535 g/mol. The average molecular weight is 536 g/mol. The van der Waals surface area contributed by atoms with Gasteiger partial charge in [-0.25, -0.2) is 13.6 Å². The zero-order valence-corrected chi connectivity index (χ0v) is 20.2. The molecule has 1 saturated heterocycles. The van der Waals surface area contributed by atoms with Gasteiger partial charge in [0.25, 0.3) is 5.91 Å². The lowest BCUT2D eigenvalue weighted by Gasteiger charge is -2.24. The number of benzene rings is 3. The number of hydrogen-bond acceptors (Lipinski definition) is 4. The summed E-state index contributed by atoms with van der Waals surface area (Å²) in [7, 11) is 0. The van der Waals surface area contributed by atoms with Crippen LogP contribution in [0.2, 0.25) is 0 Å². The largest absolute Gasteiger partial charge is 0.490 e. The standard InChI is InChI=1S/C25H25F2N3O.C2HF3O2/c26-21-7-5-20(6-8-21)25(31)28-23-9-11-24(12-10-23)30-14-2-13-29(15-16-30)18-19-3-1-4-22(27)17-19;3-2(4,5)1(6)7/h1,3-12,17H,2,13-16,18H2,(H,28,31);(H,6,7). The normalized spacial score (nSPS) is 14.2. The summed E-state index contributed by atoms with van der Waals surface area (Å²) in [6.07, 6.45) is -4.06. The number of nitrogens with one attached hydrogen (secondary N) is 1. The predicted octanol–water partition coefficient (Wildman–Crippen LogP) is 5.56. The topological polar surface area (TPSA) is 72.9 Å². The smallest absolute Gasteiger partial charge is 0.475 e. The van der Waals surface area contributed by atoms with E-state index in [2.05, 4.69) is 15.1 Å². The van der Waals surface area contributed by atoms with Crippen LogP contribution < -0.4 is 10.2 Å². The van der Waals surface area contributed by atoms with E-state index in [1.54, 1.807) is 12.1 Å². The third-order valence-electron chi connectivity index (χ3n) is 5.72. The maximum Gasteiger partial charge on any atom is 0.490 e. The highest BCUT2D eigenvalue weighted by atomic mass is 19.4. The highest BCUT2D eigenvalue weighted by molar-refractivity contribution is 6.04. The van der Waals surface area contributed by atoms with Crippen molar-refractivity contribution >= 4 is 23.3 Å². The van der Waals surface area contributed by atoms with Gasteiger partial charge in [0.15, 0.2) is 0 Å². The number of hydrogen-bond donors (Lipinski definition) is 2. The van der Waals surface area contributed by atoms with Gasteiger partial charge in [0.05, 0.1) is 0 Å². The molecule has 202 valence electrons. The van der Waals surface area contributed by atoms with Gasteiger partial charge >= 0.3 is 12.1 Å². The van der Waals surface area contributed by atoms with Crippen molar-refractivity contribution in [1.82, 2.24) is 4.90 Å². The molecule has 1 amide bonds. The molecule has 2 N–H and O–H groups in total. The molecule has 0 unspecified atom stereocenters. The van der Waals surface area contributed by atoms with E-state index in [1.807, 2.05) is 30.3 Å². The molecule has 0 atom stereocenters. The van der Waals surface area contributed by atoms with Gasteiger partial charge in [-0.2, -0.15) is 13.2 Å². The third-order valence-corrected chi connectivity index (χ3v) is 5.72. The molecule has 0 aromatic heterocycles. The van der Waals surface area contributed by atoms with Gasteiger partial charge in [-0.05, 0) is 72.6 Å². The summed E-state index contributed by atoms with van der Waals surface area (Å²) in [5, 5.41) is 9.97. The van der Waals surface area contributed by atoms with Crippen LogP contribution in [0.25, 0.3) is 0 Å². The molecule has 0 saturated carbocycles. The molecule has 11 heteroatoms. The zero-order valence-electron chi connectivity index (χ0n) is 20.2. The van der Waals surface area contributed by atoms with Gasteiger partial charge in [-0.1, -0.05) is 12.1 Å². The molecule has 6 nitrogen and oxygen atoms in total. The number of amides is 1. The first-order valence-electron chi connectivity index (χ1n) is 11.7. The second kappa shape index (κ2) is 13.0. The van der Waals surface area contributed by atoms with Crippen molar-refractivity contribution in [2.75, 3.05) is 36.4 Å². The van der Waals surface area contributed by atoms with Crippen LogP contribution in [0.4, 0.5) is 33.3 Å². The van der Waals surface area contributed by atoms with Crippen LogP contribution in [0, 0.1) is 11.6 Å². The molecule has 1 aliphatic rings. The maximum atomic E-state index is 13.4. The summed E-state index contributed by atoms with van der Waals surface area (Å²) in [5.74, 6) is -3.59. The second-order valence-electron chi connectivity index (χ2n) is 8.56. The number of nitrogens with zero attached hydrogens (tertiary/aromatic N) is 2. The quantitative estimate of drug-likeness (QED) is 0.419. The molecule has 0 bridgehead atoms. The summed E-state index contributed by atoms with van der Waals surface area (Å²) < 4.78 is 58.2. The van der Waals surface area contributed by atoms with Gasteiger partial charge in [-0.15, -0.1) is 0 Å². The maximum absolute atomic E-state index is 13.4. The van der Waals surface area contributed by atoms with Crippen LogP contribution in [-0.2, 0) is 11.3 Å². The highest BCUT2D eigenvalue weighted by Crippen LogP contribution is 2.21. The van der Waals surface area contributed by atoms with E-state index in [9.17, 15) is 26.7 Å². The van der Waals surface area contributed by atoms with Gasteiger partial charge in [0.2, 0.25) is 0 Å². The highest BCUT2D eigenvalue weighted by Gasteiger charge is 2.38. The number of halogens is 5. The Morgan fingerprint density at radius 1 is 0.842 bits per heavy atom. The Kier molecular flexibility index (Phi) is 9.78. The second-order valence-corrected chi connectivity index (χ2v) is 8.56. The van der Waals surface area contributed by atoms with E-state index in [4.69, 9.17) is 9.90 Å². The minimum atomic E-state index is -5.08. The fourth-order valence-electron chi connectivity index (χ4n) is 3.84. The molecule has 4 rings (SSSR count). The molecule has 0 radical (unpaired) electrons. The number of alkyl halides is 3. The van der Waals surface area contributed by atoms with Gasteiger partial charge in [0.1, 0.15) is 11.6 Å². The first kappa shape index (κ1) is 28.6. The van der Waals surface area contributed by atoms with Gasteiger partial charge < -0.3 is 15.3 Å².